The standard InChI is InChI=1S/C22H22N4O/c1-15-6-5-7-16(2)20(15)25-22-23-12-19(13-24-22)21(27)26-11-10-17-8-3-4-9-18(17)14-26/h3-9,12-13H,10-11,14H2,1-2H3,(H,23,24,25). The number of nitrogens with zero attached hydrogens (tertiary/aromatic N) is 3. The maximum atomic E-state index is 12.8. The second-order valence-electron chi connectivity index (χ2n) is 6.93. The highest BCUT2D eigenvalue weighted by atomic mass is 16.2. The molecule has 0 fully saturated rings. The Morgan fingerprint density at radius 2 is 1.63 bits per heavy atom. The van der Waals surface area contributed by atoms with Gasteiger partial charge in [-0.25, -0.2) is 9.97 Å². The number of hydrogen-bond acceptors (Lipinski definition) is 4. The summed E-state index contributed by atoms with van der Waals surface area (Å²) in [4.78, 5) is 23.4. The molecule has 0 bridgehead atoms. The van der Waals surface area contributed by atoms with E-state index in [1.165, 1.54) is 11.1 Å². The molecule has 0 atom stereocenters. The van der Waals surface area contributed by atoms with Crippen molar-refractivity contribution in [1.29, 1.82) is 0 Å². The van der Waals surface area contributed by atoms with Crippen molar-refractivity contribution >= 4 is 17.5 Å². The van der Waals surface area contributed by atoms with Crippen LogP contribution in [0, 0.1) is 13.8 Å². The molecule has 1 N–H and O–H groups in total. The number of aromatic nitrogens is 2. The second-order valence-corrected chi connectivity index (χ2v) is 6.93. The highest BCUT2D eigenvalue weighted by molar-refractivity contribution is 5.93. The first-order chi connectivity index (χ1) is 13.1. The molecule has 0 spiro atoms. The Hall–Kier alpha value is -3.21. The Morgan fingerprint density at radius 3 is 2.33 bits per heavy atom. The molecule has 0 aliphatic carbocycles. The average Bonchev–Trinajstić information content (AvgIpc) is 2.70. The fraction of sp³-hybridized carbons (Fsp3) is 0.227. The summed E-state index contributed by atoms with van der Waals surface area (Å²) in [5, 5.41) is 3.25. The van der Waals surface area contributed by atoms with Crippen LogP contribution in [0.25, 0.3) is 0 Å². The van der Waals surface area contributed by atoms with Gasteiger partial charge >= 0.3 is 0 Å². The quantitative estimate of drug-likeness (QED) is 0.768. The number of carbonyl (C=O) groups excluding carboxylic acids is 1. The fourth-order valence-corrected chi connectivity index (χ4v) is 3.48. The van der Waals surface area contributed by atoms with Crippen LogP contribution in [0.2, 0.25) is 0 Å². The Bertz CT molecular complexity index is 962. The van der Waals surface area contributed by atoms with Crippen molar-refractivity contribution in [3.63, 3.8) is 0 Å². The minimum absolute atomic E-state index is 0.0249. The molecule has 3 aromatic rings. The first kappa shape index (κ1) is 17.2. The highest BCUT2D eigenvalue weighted by Crippen LogP contribution is 2.23. The zero-order chi connectivity index (χ0) is 18.8. The van der Waals surface area contributed by atoms with E-state index in [1.807, 2.05) is 49.1 Å². The van der Waals surface area contributed by atoms with Crippen LogP contribution < -0.4 is 5.32 Å². The van der Waals surface area contributed by atoms with E-state index in [0.29, 0.717) is 18.1 Å². The first-order valence-electron chi connectivity index (χ1n) is 9.13. The van der Waals surface area contributed by atoms with Crippen molar-refractivity contribution in [1.82, 2.24) is 14.9 Å². The number of benzene rings is 2. The smallest absolute Gasteiger partial charge is 0.257 e. The number of hydrogen-bond donors (Lipinski definition) is 1. The molecule has 2 aromatic carbocycles. The van der Waals surface area contributed by atoms with Crippen LogP contribution >= 0.6 is 0 Å². The van der Waals surface area contributed by atoms with Gasteiger partial charge in [-0.15, -0.1) is 0 Å². The lowest BCUT2D eigenvalue weighted by Crippen LogP contribution is -2.36. The van der Waals surface area contributed by atoms with Crippen LogP contribution in [0.4, 0.5) is 11.6 Å². The van der Waals surface area contributed by atoms with E-state index < -0.39 is 0 Å². The maximum Gasteiger partial charge on any atom is 0.257 e. The van der Waals surface area contributed by atoms with E-state index in [9.17, 15) is 4.79 Å². The lowest BCUT2D eigenvalue weighted by atomic mass is 9.99. The maximum absolute atomic E-state index is 12.8. The average molecular weight is 358 g/mol. The second kappa shape index (κ2) is 7.19. The first-order valence-corrected chi connectivity index (χ1v) is 9.13. The summed E-state index contributed by atoms with van der Waals surface area (Å²) in [6.45, 7) is 5.44. The van der Waals surface area contributed by atoms with Gasteiger partial charge in [-0.2, -0.15) is 0 Å². The monoisotopic (exact) mass is 358 g/mol. The van der Waals surface area contributed by atoms with E-state index >= 15 is 0 Å². The van der Waals surface area contributed by atoms with Gasteiger partial charge in [-0.3, -0.25) is 4.79 Å². The lowest BCUT2D eigenvalue weighted by Gasteiger charge is -2.28. The van der Waals surface area contributed by atoms with Crippen molar-refractivity contribution in [3.05, 3.63) is 82.7 Å². The van der Waals surface area contributed by atoms with Gasteiger partial charge in [0.05, 0.1) is 5.56 Å². The SMILES string of the molecule is Cc1cccc(C)c1Nc1ncc(C(=O)N2CCc3ccccc3C2)cn1. The molecule has 0 saturated heterocycles. The summed E-state index contributed by atoms with van der Waals surface area (Å²) in [6.07, 6.45) is 4.09. The van der Waals surface area contributed by atoms with Crippen LogP contribution in [-0.4, -0.2) is 27.3 Å². The molecule has 5 nitrogen and oxygen atoms in total. The Morgan fingerprint density at radius 1 is 0.963 bits per heavy atom. The normalized spacial score (nSPS) is 13.2. The predicted octanol–water partition coefficient (Wildman–Crippen LogP) is 4.04. The van der Waals surface area contributed by atoms with Crippen molar-refractivity contribution in [2.45, 2.75) is 26.8 Å². The van der Waals surface area contributed by atoms with Gasteiger partial charge in [-0.1, -0.05) is 42.5 Å². The molecule has 0 saturated carbocycles. The van der Waals surface area contributed by atoms with Crippen molar-refractivity contribution in [3.8, 4) is 0 Å². The molecule has 1 aliphatic rings. The number of aryl methyl sites for hydroxylation is 2. The van der Waals surface area contributed by atoms with E-state index in [4.69, 9.17) is 0 Å². The summed E-state index contributed by atoms with van der Waals surface area (Å²) in [6, 6.07) is 14.4. The number of anilines is 2. The molecule has 1 aliphatic heterocycles. The Labute approximate surface area is 159 Å². The van der Waals surface area contributed by atoms with Crippen molar-refractivity contribution in [2.75, 3.05) is 11.9 Å². The van der Waals surface area contributed by atoms with E-state index in [1.54, 1.807) is 12.4 Å². The van der Waals surface area contributed by atoms with E-state index in [2.05, 4.69) is 27.4 Å². The molecule has 5 heteroatoms. The van der Waals surface area contributed by atoms with Gasteiger partial charge in [0, 0.05) is 31.2 Å². The molecule has 0 unspecified atom stereocenters. The van der Waals surface area contributed by atoms with Crippen LogP contribution in [-0.2, 0) is 13.0 Å². The zero-order valence-corrected chi connectivity index (χ0v) is 15.6. The van der Waals surface area contributed by atoms with Gasteiger partial charge in [-0.05, 0) is 42.5 Å². The molecule has 27 heavy (non-hydrogen) atoms. The van der Waals surface area contributed by atoms with Crippen molar-refractivity contribution < 1.29 is 4.79 Å². The van der Waals surface area contributed by atoms with Gasteiger partial charge in [0.1, 0.15) is 0 Å². The third kappa shape index (κ3) is 3.53. The summed E-state index contributed by atoms with van der Waals surface area (Å²) < 4.78 is 0. The number of nitrogens with one attached hydrogen (secondary N) is 1. The predicted molar refractivity (Wildman–Crippen MR) is 106 cm³/mol. The lowest BCUT2D eigenvalue weighted by molar-refractivity contribution is 0.0734. The number of fused-ring (bicyclic) bond motifs is 1. The molecule has 2 heterocycles. The van der Waals surface area contributed by atoms with E-state index in [0.717, 1.165) is 29.8 Å². The number of amides is 1. The number of rotatable bonds is 3. The topological polar surface area (TPSA) is 58.1 Å². The fourth-order valence-electron chi connectivity index (χ4n) is 3.48. The Balaban J connectivity index is 1.48. The number of carbonyl (C=O) groups is 1. The van der Waals surface area contributed by atoms with Gasteiger partial charge < -0.3 is 10.2 Å². The summed E-state index contributed by atoms with van der Waals surface area (Å²) in [5.41, 5.74) is 6.32. The molecule has 0 radical (unpaired) electrons. The molecular weight excluding hydrogens is 336 g/mol. The third-order valence-electron chi connectivity index (χ3n) is 5.03. The molecule has 1 amide bonds. The summed E-state index contributed by atoms with van der Waals surface area (Å²) in [7, 11) is 0. The van der Waals surface area contributed by atoms with Crippen LogP contribution in [0.5, 0.6) is 0 Å². The minimum Gasteiger partial charge on any atom is -0.334 e. The number of para-hydroxylation sites is 1. The molecule has 136 valence electrons. The molecule has 4 rings (SSSR count). The summed E-state index contributed by atoms with van der Waals surface area (Å²) >= 11 is 0. The van der Waals surface area contributed by atoms with Crippen molar-refractivity contribution in [2.24, 2.45) is 0 Å². The van der Waals surface area contributed by atoms with E-state index in [-0.39, 0.29) is 5.91 Å². The van der Waals surface area contributed by atoms with Gasteiger partial charge in [0.2, 0.25) is 5.95 Å². The molecular formula is C22H22N4O. The summed E-state index contributed by atoms with van der Waals surface area (Å²) in [5.74, 6) is 0.469. The zero-order valence-electron chi connectivity index (χ0n) is 15.6. The minimum atomic E-state index is -0.0249. The van der Waals surface area contributed by atoms with Crippen LogP contribution in [0.15, 0.2) is 54.9 Å². The Kier molecular flexibility index (Phi) is 4.59. The van der Waals surface area contributed by atoms with Crippen LogP contribution in [0.3, 0.4) is 0 Å². The van der Waals surface area contributed by atoms with Crippen LogP contribution in [0.1, 0.15) is 32.6 Å². The molecule has 1 aromatic heterocycles. The van der Waals surface area contributed by atoms with Gasteiger partial charge in [0.15, 0.2) is 0 Å². The largest absolute Gasteiger partial charge is 0.334 e. The third-order valence-corrected chi connectivity index (χ3v) is 5.03. The van der Waals surface area contributed by atoms with Gasteiger partial charge in [0.25, 0.3) is 5.91 Å². The highest BCUT2D eigenvalue weighted by Gasteiger charge is 2.22.